The Bertz CT molecular complexity index is 287. The highest BCUT2D eigenvalue weighted by Crippen LogP contribution is 2.18. The Morgan fingerprint density at radius 3 is 2.38 bits per heavy atom. The third kappa shape index (κ3) is 2.82. The van der Waals surface area contributed by atoms with Gasteiger partial charge in [-0.2, -0.15) is 0 Å². The van der Waals surface area contributed by atoms with Crippen LogP contribution in [0.15, 0.2) is 24.3 Å². The van der Waals surface area contributed by atoms with Gasteiger partial charge in [0.05, 0.1) is 0 Å². The molecule has 0 saturated heterocycles. The molecule has 2 N–H and O–H groups in total. The molecule has 72 valence electrons. The summed E-state index contributed by atoms with van der Waals surface area (Å²) in [6, 6.07) is 7.06. The van der Waals surface area contributed by atoms with Crippen molar-refractivity contribution in [2.75, 3.05) is 7.11 Å². The van der Waals surface area contributed by atoms with Crippen molar-refractivity contribution in [2.45, 2.75) is 6.92 Å². The van der Waals surface area contributed by atoms with Crippen LogP contribution in [0.5, 0.6) is 5.75 Å². The van der Waals surface area contributed by atoms with Crippen molar-refractivity contribution in [3.8, 4) is 5.75 Å². The average molecular weight is 200 g/mol. The molecule has 0 radical (unpaired) electrons. The molecule has 0 unspecified atom stereocenters. The molecular formula is C8H12O4Si. The van der Waals surface area contributed by atoms with Gasteiger partial charge in [-0.3, -0.25) is 0 Å². The first-order valence-corrected chi connectivity index (χ1v) is 5.51. The van der Waals surface area contributed by atoms with Gasteiger partial charge in [-0.1, -0.05) is 18.2 Å². The number of aryl methyl sites for hydroxylation is 1. The van der Waals surface area contributed by atoms with E-state index in [4.69, 9.17) is 14.0 Å². The predicted molar refractivity (Wildman–Crippen MR) is 49.0 cm³/mol. The first kappa shape index (κ1) is 10.2. The maximum Gasteiger partial charge on any atom is 0.743 e. The molecule has 0 bridgehead atoms. The minimum absolute atomic E-state index is 0.431. The van der Waals surface area contributed by atoms with Gasteiger partial charge >= 0.3 is 9.05 Å². The standard InChI is InChI=1S/C8H12O4Si/c1-7-5-3-4-6-8(7)12-13(9,10)11-2/h3-6,9-10H,1-2H3. The van der Waals surface area contributed by atoms with Crippen LogP contribution in [-0.4, -0.2) is 25.7 Å². The Kier molecular flexibility index (Phi) is 3.05. The van der Waals surface area contributed by atoms with Crippen LogP contribution in [0.3, 0.4) is 0 Å². The number of rotatable bonds is 3. The number of benzene rings is 1. The summed E-state index contributed by atoms with van der Waals surface area (Å²) in [6.07, 6.45) is 0. The normalized spacial score (nSPS) is 11.4. The van der Waals surface area contributed by atoms with E-state index in [9.17, 15) is 0 Å². The highest BCUT2D eigenvalue weighted by Gasteiger charge is 2.37. The highest BCUT2D eigenvalue weighted by atomic mass is 28.4. The molecular weight excluding hydrogens is 188 g/mol. The SMILES string of the molecule is CO[Si](O)(O)Oc1ccccc1C. The van der Waals surface area contributed by atoms with Crippen LogP contribution in [0.25, 0.3) is 0 Å². The van der Waals surface area contributed by atoms with Gasteiger partial charge in [-0.05, 0) is 18.6 Å². The van der Waals surface area contributed by atoms with Crippen molar-refractivity contribution in [1.82, 2.24) is 0 Å². The molecule has 0 spiro atoms. The van der Waals surface area contributed by atoms with Crippen LogP contribution in [0.1, 0.15) is 5.56 Å². The molecule has 0 fully saturated rings. The number of hydrogen-bond donors (Lipinski definition) is 2. The first-order valence-electron chi connectivity index (χ1n) is 3.80. The van der Waals surface area contributed by atoms with E-state index < -0.39 is 9.05 Å². The largest absolute Gasteiger partial charge is 0.743 e. The Balaban J connectivity index is 2.80. The van der Waals surface area contributed by atoms with Crippen molar-refractivity contribution in [2.24, 2.45) is 0 Å². The van der Waals surface area contributed by atoms with Crippen LogP contribution < -0.4 is 4.43 Å². The molecule has 1 aromatic carbocycles. The van der Waals surface area contributed by atoms with Gasteiger partial charge in [0, 0.05) is 7.11 Å². The topological polar surface area (TPSA) is 58.9 Å². The van der Waals surface area contributed by atoms with E-state index in [2.05, 4.69) is 4.43 Å². The lowest BCUT2D eigenvalue weighted by Gasteiger charge is -2.16. The summed E-state index contributed by atoms with van der Waals surface area (Å²) >= 11 is 0. The summed E-state index contributed by atoms with van der Waals surface area (Å²) < 4.78 is 9.33. The lowest BCUT2D eigenvalue weighted by Crippen LogP contribution is -2.45. The molecule has 0 aliphatic carbocycles. The molecule has 13 heavy (non-hydrogen) atoms. The Hall–Kier alpha value is -0.883. The maximum atomic E-state index is 9.15. The van der Waals surface area contributed by atoms with Gasteiger partial charge in [-0.25, -0.2) is 0 Å². The Morgan fingerprint density at radius 2 is 1.85 bits per heavy atom. The minimum atomic E-state index is -3.95. The van der Waals surface area contributed by atoms with E-state index in [1.807, 2.05) is 19.1 Å². The van der Waals surface area contributed by atoms with Crippen molar-refractivity contribution < 1.29 is 18.4 Å². The van der Waals surface area contributed by atoms with Gasteiger partial charge in [0.1, 0.15) is 5.75 Å². The molecule has 0 aromatic heterocycles. The van der Waals surface area contributed by atoms with Gasteiger partial charge in [0.2, 0.25) is 0 Å². The molecule has 5 heteroatoms. The van der Waals surface area contributed by atoms with Gasteiger partial charge in [-0.15, -0.1) is 0 Å². The van der Waals surface area contributed by atoms with Crippen molar-refractivity contribution in [3.05, 3.63) is 29.8 Å². The fourth-order valence-electron chi connectivity index (χ4n) is 0.856. The fraction of sp³-hybridized carbons (Fsp3) is 0.250. The summed E-state index contributed by atoms with van der Waals surface area (Å²) in [5, 5.41) is 0. The molecule has 0 atom stereocenters. The van der Waals surface area contributed by atoms with Gasteiger partial charge in [0.25, 0.3) is 0 Å². The molecule has 4 nitrogen and oxygen atoms in total. The maximum absolute atomic E-state index is 9.15. The molecule has 0 aliphatic heterocycles. The second-order valence-corrected chi connectivity index (χ2v) is 4.33. The Morgan fingerprint density at radius 1 is 1.23 bits per heavy atom. The zero-order valence-corrected chi connectivity index (χ0v) is 8.52. The summed E-state index contributed by atoms with van der Waals surface area (Å²) in [7, 11) is -2.75. The monoisotopic (exact) mass is 200 g/mol. The van der Waals surface area contributed by atoms with E-state index in [1.165, 1.54) is 7.11 Å². The second kappa shape index (κ2) is 3.88. The van der Waals surface area contributed by atoms with Crippen molar-refractivity contribution in [1.29, 1.82) is 0 Å². The van der Waals surface area contributed by atoms with Gasteiger partial charge < -0.3 is 18.4 Å². The second-order valence-electron chi connectivity index (χ2n) is 2.62. The lowest BCUT2D eigenvalue weighted by molar-refractivity contribution is 0.0980. The summed E-state index contributed by atoms with van der Waals surface area (Å²) in [4.78, 5) is 18.3. The number of para-hydroxylation sites is 1. The molecule has 0 saturated carbocycles. The van der Waals surface area contributed by atoms with Crippen molar-refractivity contribution in [3.63, 3.8) is 0 Å². The predicted octanol–water partition coefficient (Wildman–Crippen LogP) is 0.440. The van der Waals surface area contributed by atoms with Crippen LogP contribution in [0, 0.1) is 6.92 Å². The summed E-state index contributed by atoms with van der Waals surface area (Å²) in [5.41, 5.74) is 0.833. The molecule has 0 heterocycles. The van der Waals surface area contributed by atoms with E-state index in [-0.39, 0.29) is 0 Å². The molecule has 0 aliphatic rings. The fourth-order valence-corrected chi connectivity index (χ4v) is 1.45. The molecule has 1 rings (SSSR count). The third-order valence-electron chi connectivity index (χ3n) is 1.60. The van der Waals surface area contributed by atoms with Crippen molar-refractivity contribution >= 4 is 9.05 Å². The molecule has 1 aromatic rings. The van der Waals surface area contributed by atoms with Crippen LogP contribution in [-0.2, 0) is 4.43 Å². The van der Waals surface area contributed by atoms with Crippen LogP contribution >= 0.6 is 0 Å². The Labute approximate surface area is 77.9 Å². The van der Waals surface area contributed by atoms with E-state index in [1.54, 1.807) is 12.1 Å². The van der Waals surface area contributed by atoms with E-state index >= 15 is 0 Å². The first-order chi connectivity index (χ1) is 6.05. The van der Waals surface area contributed by atoms with E-state index in [0.29, 0.717) is 5.75 Å². The quantitative estimate of drug-likeness (QED) is 0.695. The zero-order valence-electron chi connectivity index (χ0n) is 7.52. The number of hydrogen-bond acceptors (Lipinski definition) is 4. The smallest absolute Gasteiger partial charge is 0.480 e. The highest BCUT2D eigenvalue weighted by molar-refractivity contribution is 6.51. The van der Waals surface area contributed by atoms with Gasteiger partial charge in [0.15, 0.2) is 0 Å². The van der Waals surface area contributed by atoms with Crippen LogP contribution in [0.2, 0.25) is 0 Å². The summed E-state index contributed by atoms with van der Waals surface area (Å²) in [5.74, 6) is 0.431. The third-order valence-corrected chi connectivity index (χ3v) is 2.62. The molecule has 0 amide bonds. The zero-order chi connectivity index (χ0) is 9.90. The lowest BCUT2D eigenvalue weighted by atomic mass is 10.2. The van der Waals surface area contributed by atoms with E-state index in [0.717, 1.165) is 5.56 Å². The van der Waals surface area contributed by atoms with Crippen LogP contribution in [0.4, 0.5) is 0 Å². The summed E-state index contributed by atoms with van der Waals surface area (Å²) in [6.45, 7) is 1.81. The minimum Gasteiger partial charge on any atom is -0.480 e. The average Bonchev–Trinajstić information content (AvgIpc) is 2.09.